The molecule has 0 saturated heterocycles. The Hall–Kier alpha value is -1.15. The van der Waals surface area contributed by atoms with Crippen molar-refractivity contribution >= 4 is 23.1 Å². The number of H-pyrrole nitrogens is 1. The first kappa shape index (κ1) is 9.41. The van der Waals surface area contributed by atoms with E-state index in [1.54, 1.807) is 0 Å². The van der Waals surface area contributed by atoms with Crippen LogP contribution in [0, 0.1) is 4.64 Å². The van der Waals surface area contributed by atoms with Crippen molar-refractivity contribution in [1.29, 1.82) is 0 Å². The molecular formula is C12H13NS. The van der Waals surface area contributed by atoms with Gasteiger partial charge in [0.2, 0.25) is 0 Å². The summed E-state index contributed by atoms with van der Waals surface area (Å²) in [6.45, 7) is 2.20. The number of benzene rings is 1. The minimum Gasteiger partial charge on any atom is -0.346 e. The number of aromatic amines is 1. The molecule has 0 aliphatic carbocycles. The van der Waals surface area contributed by atoms with Gasteiger partial charge in [-0.1, -0.05) is 37.7 Å². The second-order valence-electron chi connectivity index (χ2n) is 3.45. The van der Waals surface area contributed by atoms with E-state index in [1.165, 1.54) is 17.4 Å². The summed E-state index contributed by atoms with van der Waals surface area (Å²) in [5, 5.41) is 1.29. The molecule has 2 rings (SSSR count). The fourth-order valence-corrected chi connectivity index (χ4v) is 1.92. The Kier molecular flexibility index (Phi) is 2.64. The van der Waals surface area contributed by atoms with Crippen LogP contribution in [0.1, 0.15) is 18.9 Å². The molecule has 0 atom stereocenters. The van der Waals surface area contributed by atoms with Crippen molar-refractivity contribution in [2.24, 2.45) is 0 Å². The Morgan fingerprint density at radius 3 is 2.86 bits per heavy atom. The van der Waals surface area contributed by atoms with Gasteiger partial charge in [-0.2, -0.15) is 0 Å². The Bertz CT molecular complexity index is 499. The highest BCUT2D eigenvalue weighted by Crippen LogP contribution is 2.17. The first-order chi connectivity index (χ1) is 6.81. The van der Waals surface area contributed by atoms with Gasteiger partial charge in [-0.3, -0.25) is 0 Å². The van der Waals surface area contributed by atoms with E-state index in [9.17, 15) is 0 Å². The number of aromatic nitrogens is 1. The third-order valence-electron chi connectivity index (χ3n) is 2.38. The molecule has 14 heavy (non-hydrogen) atoms. The molecule has 0 unspecified atom stereocenters. The van der Waals surface area contributed by atoms with Crippen LogP contribution in [-0.4, -0.2) is 4.98 Å². The van der Waals surface area contributed by atoms with Crippen LogP contribution in [0.15, 0.2) is 30.3 Å². The van der Waals surface area contributed by atoms with Crippen molar-refractivity contribution < 1.29 is 0 Å². The Balaban J connectivity index is 2.68. The SMILES string of the molecule is CCCc1cccc2[nH]c(=S)ccc12. The van der Waals surface area contributed by atoms with Gasteiger partial charge in [0.25, 0.3) is 0 Å². The van der Waals surface area contributed by atoms with Gasteiger partial charge in [-0.05, 0) is 30.2 Å². The smallest absolute Gasteiger partial charge is 0.103 e. The summed E-state index contributed by atoms with van der Waals surface area (Å²) in [6, 6.07) is 10.4. The van der Waals surface area contributed by atoms with Crippen LogP contribution in [0.25, 0.3) is 10.9 Å². The Morgan fingerprint density at radius 1 is 1.21 bits per heavy atom. The molecule has 2 heteroatoms. The molecule has 1 heterocycles. The van der Waals surface area contributed by atoms with Crippen molar-refractivity contribution in [3.63, 3.8) is 0 Å². The molecule has 2 aromatic rings. The van der Waals surface area contributed by atoms with E-state index in [4.69, 9.17) is 12.2 Å². The molecule has 1 N–H and O–H groups in total. The van der Waals surface area contributed by atoms with E-state index in [-0.39, 0.29) is 0 Å². The Labute approximate surface area is 88.8 Å². The highest BCUT2D eigenvalue weighted by molar-refractivity contribution is 7.71. The number of pyridine rings is 1. The van der Waals surface area contributed by atoms with Crippen molar-refractivity contribution in [3.05, 3.63) is 40.5 Å². The molecule has 1 aromatic heterocycles. The van der Waals surface area contributed by atoms with Crippen LogP contribution < -0.4 is 0 Å². The summed E-state index contributed by atoms with van der Waals surface area (Å²) in [4.78, 5) is 3.20. The van der Waals surface area contributed by atoms with Gasteiger partial charge in [-0.15, -0.1) is 0 Å². The van der Waals surface area contributed by atoms with Gasteiger partial charge < -0.3 is 4.98 Å². The van der Waals surface area contributed by atoms with Gasteiger partial charge in [0.1, 0.15) is 4.64 Å². The zero-order valence-corrected chi connectivity index (χ0v) is 9.03. The van der Waals surface area contributed by atoms with E-state index in [0.29, 0.717) is 0 Å². The van der Waals surface area contributed by atoms with E-state index in [0.717, 1.165) is 16.6 Å². The number of nitrogens with one attached hydrogen (secondary N) is 1. The number of rotatable bonds is 2. The largest absolute Gasteiger partial charge is 0.346 e. The molecule has 1 aromatic carbocycles. The van der Waals surface area contributed by atoms with Crippen LogP contribution in [0.2, 0.25) is 0 Å². The van der Waals surface area contributed by atoms with Crippen LogP contribution in [-0.2, 0) is 6.42 Å². The van der Waals surface area contributed by atoms with E-state index >= 15 is 0 Å². The second kappa shape index (κ2) is 3.93. The van der Waals surface area contributed by atoms with Crippen molar-refractivity contribution in [3.8, 4) is 0 Å². The van der Waals surface area contributed by atoms with Gasteiger partial charge in [-0.25, -0.2) is 0 Å². The molecule has 0 bridgehead atoms. The van der Waals surface area contributed by atoms with Crippen molar-refractivity contribution in [2.75, 3.05) is 0 Å². The predicted octanol–water partition coefficient (Wildman–Crippen LogP) is 3.85. The number of fused-ring (bicyclic) bond motifs is 1. The topological polar surface area (TPSA) is 15.8 Å². The van der Waals surface area contributed by atoms with Crippen LogP contribution in [0.3, 0.4) is 0 Å². The third-order valence-corrected chi connectivity index (χ3v) is 2.61. The molecule has 0 aliphatic rings. The summed E-state index contributed by atoms with van der Waals surface area (Å²) in [7, 11) is 0. The van der Waals surface area contributed by atoms with Crippen LogP contribution >= 0.6 is 12.2 Å². The maximum absolute atomic E-state index is 5.09. The molecule has 1 nitrogen and oxygen atoms in total. The summed E-state index contributed by atoms with van der Waals surface area (Å²) in [5.41, 5.74) is 2.54. The zero-order chi connectivity index (χ0) is 9.97. The summed E-state index contributed by atoms with van der Waals surface area (Å²) >= 11 is 5.09. The molecule has 72 valence electrons. The highest BCUT2D eigenvalue weighted by atomic mass is 32.1. The molecular weight excluding hydrogens is 190 g/mol. The highest BCUT2D eigenvalue weighted by Gasteiger charge is 1.98. The minimum absolute atomic E-state index is 0.797. The fourth-order valence-electron chi connectivity index (χ4n) is 1.74. The lowest BCUT2D eigenvalue weighted by molar-refractivity contribution is 0.929. The van der Waals surface area contributed by atoms with Gasteiger partial charge >= 0.3 is 0 Å². The minimum atomic E-state index is 0.797. The molecule has 0 amide bonds. The average Bonchev–Trinajstić information content (AvgIpc) is 2.18. The number of hydrogen-bond acceptors (Lipinski definition) is 1. The molecule has 0 radical (unpaired) electrons. The fraction of sp³-hybridized carbons (Fsp3) is 0.250. The monoisotopic (exact) mass is 203 g/mol. The van der Waals surface area contributed by atoms with Gasteiger partial charge in [0.05, 0.1) is 0 Å². The summed E-state index contributed by atoms with van der Waals surface area (Å²) < 4.78 is 0.797. The lowest BCUT2D eigenvalue weighted by atomic mass is 10.0. The molecule has 0 fully saturated rings. The predicted molar refractivity (Wildman–Crippen MR) is 63.1 cm³/mol. The van der Waals surface area contributed by atoms with E-state index in [1.807, 2.05) is 6.07 Å². The normalized spacial score (nSPS) is 10.6. The van der Waals surface area contributed by atoms with Gasteiger partial charge in [0, 0.05) is 10.9 Å². The number of aryl methyl sites for hydroxylation is 1. The third kappa shape index (κ3) is 1.70. The van der Waals surface area contributed by atoms with Crippen LogP contribution in [0.4, 0.5) is 0 Å². The standard InChI is InChI=1S/C12H13NS/c1-2-4-9-5-3-6-11-10(9)7-8-12(14)13-11/h3,5-8H,2,4H2,1H3,(H,13,14). The summed E-state index contributed by atoms with van der Waals surface area (Å²) in [5.74, 6) is 0. The average molecular weight is 203 g/mol. The first-order valence-corrected chi connectivity index (χ1v) is 5.33. The molecule has 0 saturated carbocycles. The summed E-state index contributed by atoms with van der Waals surface area (Å²) in [6.07, 6.45) is 2.30. The van der Waals surface area contributed by atoms with Crippen molar-refractivity contribution in [2.45, 2.75) is 19.8 Å². The zero-order valence-electron chi connectivity index (χ0n) is 8.21. The lowest BCUT2D eigenvalue weighted by Gasteiger charge is -2.04. The Morgan fingerprint density at radius 2 is 2.07 bits per heavy atom. The maximum atomic E-state index is 5.09. The van der Waals surface area contributed by atoms with Gasteiger partial charge in [0.15, 0.2) is 0 Å². The first-order valence-electron chi connectivity index (χ1n) is 4.92. The van der Waals surface area contributed by atoms with Crippen molar-refractivity contribution in [1.82, 2.24) is 4.98 Å². The number of hydrogen-bond donors (Lipinski definition) is 1. The maximum Gasteiger partial charge on any atom is 0.103 e. The molecule has 0 aliphatic heterocycles. The molecule has 0 spiro atoms. The quantitative estimate of drug-likeness (QED) is 0.733. The van der Waals surface area contributed by atoms with Crippen LogP contribution in [0.5, 0.6) is 0 Å². The lowest BCUT2D eigenvalue weighted by Crippen LogP contribution is -1.87. The van der Waals surface area contributed by atoms with E-state index in [2.05, 4.69) is 36.2 Å². The van der Waals surface area contributed by atoms with E-state index < -0.39 is 0 Å². The second-order valence-corrected chi connectivity index (χ2v) is 3.89.